The summed E-state index contributed by atoms with van der Waals surface area (Å²) in [5.74, 6) is 0.833. The second kappa shape index (κ2) is 7.85. The molecule has 0 bridgehead atoms. The molecule has 3 rings (SSSR count). The molecule has 146 valence electrons. The monoisotopic (exact) mass is 364 g/mol. The molecular weight excluding hydrogens is 332 g/mol. The Morgan fingerprint density at radius 2 is 1.81 bits per heavy atom. The van der Waals surface area contributed by atoms with Crippen LogP contribution in [0.1, 0.15) is 52.9 Å². The highest BCUT2D eigenvalue weighted by Gasteiger charge is 2.42. The van der Waals surface area contributed by atoms with Gasteiger partial charge in [-0.15, -0.1) is 0 Å². The maximum absolute atomic E-state index is 6.39. The van der Waals surface area contributed by atoms with Crippen LogP contribution in [0.3, 0.4) is 0 Å². The molecule has 1 aromatic carbocycles. The second-order valence-electron chi connectivity index (χ2n) is 8.10. The molecule has 2 fully saturated rings. The van der Waals surface area contributed by atoms with Crippen molar-refractivity contribution in [2.45, 2.75) is 71.4 Å². The third-order valence-electron chi connectivity index (χ3n) is 5.33. The predicted molar refractivity (Wildman–Crippen MR) is 99.0 cm³/mol. The van der Waals surface area contributed by atoms with Crippen molar-refractivity contribution in [2.75, 3.05) is 13.7 Å². The Labute approximate surface area is 156 Å². The summed E-state index contributed by atoms with van der Waals surface area (Å²) >= 11 is 0. The van der Waals surface area contributed by atoms with Gasteiger partial charge in [-0.2, -0.15) is 0 Å². The van der Waals surface area contributed by atoms with Crippen LogP contribution in [0.25, 0.3) is 0 Å². The van der Waals surface area contributed by atoms with Gasteiger partial charge in [0.05, 0.1) is 32.0 Å². The molecule has 2 heterocycles. The Morgan fingerprint density at radius 3 is 2.42 bits per heavy atom. The first-order valence-electron chi connectivity index (χ1n) is 9.55. The van der Waals surface area contributed by atoms with Crippen molar-refractivity contribution in [3.63, 3.8) is 0 Å². The fourth-order valence-electron chi connectivity index (χ4n) is 4.06. The highest BCUT2D eigenvalue weighted by atomic mass is 16.7. The van der Waals surface area contributed by atoms with E-state index in [0.717, 1.165) is 17.7 Å². The lowest BCUT2D eigenvalue weighted by molar-refractivity contribution is -0.320. The average molecular weight is 364 g/mol. The zero-order valence-electron chi connectivity index (χ0n) is 16.7. The van der Waals surface area contributed by atoms with Gasteiger partial charge in [-0.05, 0) is 32.9 Å². The third-order valence-corrected chi connectivity index (χ3v) is 5.33. The van der Waals surface area contributed by atoms with E-state index >= 15 is 0 Å². The standard InChI is InChI=1S/C21H32O5/c1-13-12-23-20(16-7-9-17(22-6)10-8-16)24-19(13)15(3)18-11-14(2)25-21(4,5)26-18/h7-10,13-15,18-20H,11-12H2,1-6H3/t13-,14+,15-,18-,19-,20-/m0/s1. The van der Waals surface area contributed by atoms with Crippen LogP contribution < -0.4 is 4.74 Å². The highest BCUT2D eigenvalue weighted by Crippen LogP contribution is 2.38. The molecule has 0 unspecified atom stereocenters. The number of hydrogen-bond donors (Lipinski definition) is 0. The van der Waals surface area contributed by atoms with E-state index in [1.54, 1.807) is 7.11 Å². The number of benzene rings is 1. The van der Waals surface area contributed by atoms with E-state index < -0.39 is 5.79 Å². The van der Waals surface area contributed by atoms with Gasteiger partial charge < -0.3 is 23.7 Å². The minimum Gasteiger partial charge on any atom is -0.497 e. The number of ether oxygens (including phenoxy) is 5. The van der Waals surface area contributed by atoms with Gasteiger partial charge in [0.15, 0.2) is 12.1 Å². The third kappa shape index (κ3) is 4.39. The molecule has 2 saturated heterocycles. The molecular formula is C21H32O5. The van der Waals surface area contributed by atoms with Gasteiger partial charge in [-0.3, -0.25) is 0 Å². The van der Waals surface area contributed by atoms with Gasteiger partial charge in [-0.1, -0.05) is 26.0 Å². The van der Waals surface area contributed by atoms with E-state index in [-0.39, 0.29) is 30.5 Å². The second-order valence-corrected chi connectivity index (χ2v) is 8.10. The molecule has 2 aliphatic heterocycles. The van der Waals surface area contributed by atoms with E-state index in [9.17, 15) is 0 Å². The van der Waals surface area contributed by atoms with Crippen molar-refractivity contribution in [2.24, 2.45) is 11.8 Å². The van der Waals surface area contributed by atoms with Crippen molar-refractivity contribution in [3.8, 4) is 5.75 Å². The summed E-state index contributed by atoms with van der Waals surface area (Å²) in [6, 6.07) is 7.86. The summed E-state index contributed by atoms with van der Waals surface area (Å²) < 4.78 is 29.7. The predicted octanol–water partition coefficient (Wildman–Crippen LogP) is 4.31. The topological polar surface area (TPSA) is 46.2 Å². The van der Waals surface area contributed by atoms with Crippen molar-refractivity contribution in [3.05, 3.63) is 29.8 Å². The molecule has 0 amide bonds. The fraction of sp³-hybridized carbons (Fsp3) is 0.714. The Morgan fingerprint density at radius 1 is 1.12 bits per heavy atom. The van der Waals surface area contributed by atoms with Crippen molar-refractivity contribution < 1.29 is 23.7 Å². The smallest absolute Gasteiger partial charge is 0.184 e. The lowest BCUT2D eigenvalue weighted by Gasteiger charge is -2.46. The normalized spacial score (nSPS) is 35.7. The average Bonchev–Trinajstić information content (AvgIpc) is 2.60. The quantitative estimate of drug-likeness (QED) is 0.797. The highest BCUT2D eigenvalue weighted by molar-refractivity contribution is 5.28. The first-order chi connectivity index (χ1) is 12.3. The largest absolute Gasteiger partial charge is 0.497 e. The zero-order chi connectivity index (χ0) is 18.9. The number of rotatable bonds is 4. The summed E-state index contributed by atoms with van der Waals surface area (Å²) in [6.45, 7) is 11.1. The van der Waals surface area contributed by atoms with Crippen LogP contribution in [0.5, 0.6) is 5.75 Å². The Balaban J connectivity index is 1.71. The van der Waals surface area contributed by atoms with Gasteiger partial charge in [0.25, 0.3) is 0 Å². The van der Waals surface area contributed by atoms with E-state index in [0.29, 0.717) is 12.5 Å². The van der Waals surface area contributed by atoms with Crippen LogP contribution >= 0.6 is 0 Å². The van der Waals surface area contributed by atoms with E-state index in [1.807, 2.05) is 38.1 Å². The van der Waals surface area contributed by atoms with Crippen LogP contribution in [0, 0.1) is 11.8 Å². The minimum absolute atomic E-state index is 0.0713. The lowest BCUT2D eigenvalue weighted by Crippen LogP contribution is -2.50. The molecule has 2 aliphatic rings. The SMILES string of the molecule is COc1ccc([C@H]2OC[C@H](C)[C@@H]([C@@H](C)[C@@H]3C[C@@H](C)OC(C)(C)O3)O2)cc1. The molecule has 5 nitrogen and oxygen atoms in total. The van der Waals surface area contributed by atoms with Crippen LogP contribution in [0.2, 0.25) is 0 Å². The number of methoxy groups -OCH3 is 1. The molecule has 0 radical (unpaired) electrons. The first-order valence-corrected chi connectivity index (χ1v) is 9.55. The molecule has 6 atom stereocenters. The van der Waals surface area contributed by atoms with Crippen LogP contribution in [-0.4, -0.2) is 37.8 Å². The summed E-state index contributed by atoms with van der Waals surface area (Å²) in [4.78, 5) is 0. The lowest BCUT2D eigenvalue weighted by atomic mass is 9.86. The Bertz CT molecular complexity index is 585. The first kappa shape index (κ1) is 19.6. The molecule has 26 heavy (non-hydrogen) atoms. The van der Waals surface area contributed by atoms with Gasteiger partial charge in [0, 0.05) is 23.8 Å². The maximum Gasteiger partial charge on any atom is 0.184 e. The zero-order valence-corrected chi connectivity index (χ0v) is 16.7. The van der Waals surface area contributed by atoms with Gasteiger partial charge >= 0.3 is 0 Å². The molecule has 0 aliphatic carbocycles. The molecule has 0 aromatic heterocycles. The summed E-state index contributed by atoms with van der Waals surface area (Å²) in [7, 11) is 1.67. The van der Waals surface area contributed by atoms with E-state index in [2.05, 4.69) is 20.8 Å². The summed E-state index contributed by atoms with van der Waals surface area (Å²) in [6.07, 6.45) is 0.886. The molecule has 1 aromatic rings. The van der Waals surface area contributed by atoms with Crippen molar-refractivity contribution >= 4 is 0 Å². The van der Waals surface area contributed by atoms with Crippen LogP contribution in [0.15, 0.2) is 24.3 Å². The van der Waals surface area contributed by atoms with Crippen LogP contribution in [0.4, 0.5) is 0 Å². The van der Waals surface area contributed by atoms with Crippen molar-refractivity contribution in [1.82, 2.24) is 0 Å². The molecule has 5 heteroatoms. The molecule has 0 N–H and O–H groups in total. The minimum atomic E-state index is -0.555. The van der Waals surface area contributed by atoms with Gasteiger partial charge in [0.1, 0.15) is 5.75 Å². The van der Waals surface area contributed by atoms with Crippen molar-refractivity contribution in [1.29, 1.82) is 0 Å². The van der Waals surface area contributed by atoms with Gasteiger partial charge in [-0.25, -0.2) is 0 Å². The Kier molecular flexibility index (Phi) is 5.92. The van der Waals surface area contributed by atoms with E-state index in [4.69, 9.17) is 23.7 Å². The fourth-order valence-corrected chi connectivity index (χ4v) is 4.06. The van der Waals surface area contributed by atoms with Crippen LogP contribution in [-0.2, 0) is 18.9 Å². The molecule has 0 spiro atoms. The molecule has 0 saturated carbocycles. The Hall–Kier alpha value is -1.14. The number of hydrogen-bond acceptors (Lipinski definition) is 5. The van der Waals surface area contributed by atoms with Gasteiger partial charge in [0.2, 0.25) is 0 Å². The summed E-state index contributed by atoms with van der Waals surface area (Å²) in [5.41, 5.74) is 1.01. The van der Waals surface area contributed by atoms with E-state index in [1.165, 1.54) is 0 Å². The summed E-state index contributed by atoms with van der Waals surface area (Å²) in [5, 5.41) is 0. The maximum atomic E-state index is 6.39.